The Morgan fingerprint density at radius 1 is 0.963 bits per heavy atom. The summed E-state index contributed by atoms with van der Waals surface area (Å²) in [6, 6.07) is 17.2. The van der Waals surface area contributed by atoms with E-state index in [1.54, 1.807) is 49.6 Å². The molecular formula is C22H17FO4. The zero-order valence-corrected chi connectivity index (χ0v) is 14.6. The summed E-state index contributed by atoms with van der Waals surface area (Å²) in [6.07, 6.45) is 0.763. The van der Waals surface area contributed by atoms with Gasteiger partial charge in [0.15, 0.2) is 5.78 Å². The van der Waals surface area contributed by atoms with E-state index in [9.17, 15) is 14.0 Å². The van der Waals surface area contributed by atoms with Crippen molar-refractivity contribution in [3.8, 4) is 11.5 Å². The fourth-order valence-electron chi connectivity index (χ4n) is 2.62. The third-order valence-electron chi connectivity index (χ3n) is 4.06. The third-order valence-corrected chi connectivity index (χ3v) is 4.06. The number of hydrogen-bond donors (Lipinski definition) is 0. The summed E-state index contributed by atoms with van der Waals surface area (Å²) in [6.45, 7) is 0.218. The molecule has 136 valence electrons. The van der Waals surface area contributed by atoms with Gasteiger partial charge in [0.05, 0.1) is 7.11 Å². The standard InChI is InChI=1S/C22H17FO4/c1-26-21-11-2-15(13-24)12-18(21)14-27-20-9-5-17(6-10-20)22(25)16-3-7-19(23)8-4-16/h2-13H,14H2,1H3. The minimum atomic E-state index is -0.385. The monoisotopic (exact) mass is 364 g/mol. The number of ketones is 1. The summed E-state index contributed by atoms with van der Waals surface area (Å²) in [5.41, 5.74) is 2.18. The summed E-state index contributed by atoms with van der Waals surface area (Å²) in [7, 11) is 1.55. The van der Waals surface area contributed by atoms with Crippen LogP contribution in [0.5, 0.6) is 11.5 Å². The van der Waals surface area contributed by atoms with Crippen molar-refractivity contribution >= 4 is 12.1 Å². The molecule has 0 aliphatic rings. The van der Waals surface area contributed by atoms with Crippen molar-refractivity contribution in [3.63, 3.8) is 0 Å². The number of ether oxygens (including phenoxy) is 2. The Morgan fingerprint density at radius 2 is 1.59 bits per heavy atom. The molecule has 0 bridgehead atoms. The maximum Gasteiger partial charge on any atom is 0.193 e. The van der Waals surface area contributed by atoms with Crippen LogP contribution in [0, 0.1) is 5.82 Å². The first-order chi connectivity index (χ1) is 13.1. The minimum Gasteiger partial charge on any atom is -0.496 e. The van der Waals surface area contributed by atoms with Gasteiger partial charge in [-0.3, -0.25) is 9.59 Å². The largest absolute Gasteiger partial charge is 0.496 e. The fraction of sp³-hybridized carbons (Fsp3) is 0.0909. The minimum absolute atomic E-state index is 0.193. The second-order valence-electron chi connectivity index (χ2n) is 5.84. The number of carbonyl (C=O) groups excluding carboxylic acids is 2. The molecule has 0 spiro atoms. The molecule has 0 aliphatic heterocycles. The Labute approximate surface area is 156 Å². The molecule has 0 aliphatic carbocycles. The van der Waals surface area contributed by atoms with Crippen molar-refractivity contribution in [1.29, 1.82) is 0 Å². The molecule has 3 aromatic carbocycles. The van der Waals surface area contributed by atoms with E-state index in [-0.39, 0.29) is 18.2 Å². The van der Waals surface area contributed by atoms with E-state index in [0.717, 1.165) is 11.8 Å². The molecule has 0 heterocycles. The van der Waals surface area contributed by atoms with E-state index >= 15 is 0 Å². The predicted molar refractivity (Wildman–Crippen MR) is 99.0 cm³/mol. The quantitative estimate of drug-likeness (QED) is 0.459. The maximum absolute atomic E-state index is 13.0. The van der Waals surface area contributed by atoms with Crippen molar-refractivity contribution in [2.24, 2.45) is 0 Å². The highest BCUT2D eigenvalue weighted by Gasteiger charge is 2.10. The summed E-state index contributed by atoms with van der Waals surface area (Å²) < 4.78 is 24.0. The SMILES string of the molecule is COc1ccc(C=O)cc1COc1ccc(C(=O)c2ccc(F)cc2)cc1. The summed E-state index contributed by atoms with van der Waals surface area (Å²) >= 11 is 0. The molecule has 0 aromatic heterocycles. The highest BCUT2D eigenvalue weighted by atomic mass is 19.1. The van der Waals surface area contributed by atoms with Gasteiger partial charge < -0.3 is 9.47 Å². The van der Waals surface area contributed by atoms with Crippen LogP contribution < -0.4 is 9.47 Å². The Bertz CT molecular complexity index is 947. The summed E-state index contributed by atoms with van der Waals surface area (Å²) in [5, 5.41) is 0. The number of carbonyl (C=O) groups is 2. The summed E-state index contributed by atoms with van der Waals surface area (Å²) in [4.78, 5) is 23.3. The second-order valence-corrected chi connectivity index (χ2v) is 5.84. The van der Waals surface area contributed by atoms with Crippen LogP contribution in [0.15, 0.2) is 66.7 Å². The Kier molecular flexibility index (Phi) is 5.61. The van der Waals surface area contributed by atoms with Crippen LogP contribution in [-0.4, -0.2) is 19.2 Å². The second kappa shape index (κ2) is 8.27. The van der Waals surface area contributed by atoms with Gasteiger partial charge in [-0.1, -0.05) is 0 Å². The molecule has 4 nitrogen and oxygen atoms in total. The molecule has 0 amide bonds. The lowest BCUT2D eigenvalue weighted by molar-refractivity contribution is 0.103. The molecule has 0 saturated carbocycles. The van der Waals surface area contributed by atoms with Gasteiger partial charge in [0.1, 0.15) is 30.2 Å². The van der Waals surface area contributed by atoms with Gasteiger partial charge >= 0.3 is 0 Å². The lowest BCUT2D eigenvalue weighted by Crippen LogP contribution is -2.02. The van der Waals surface area contributed by atoms with E-state index in [4.69, 9.17) is 9.47 Å². The van der Waals surface area contributed by atoms with Crippen molar-refractivity contribution < 1.29 is 23.5 Å². The number of rotatable bonds is 7. The van der Waals surface area contributed by atoms with Crippen molar-refractivity contribution in [1.82, 2.24) is 0 Å². The average molecular weight is 364 g/mol. The molecule has 0 unspecified atom stereocenters. The fourth-order valence-corrected chi connectivity index (χ4v) is 2.62. The van der Waals surface area contributed by atoms with Crippen LogP contribution in [0.1, 0.15) is 31.8 Å². The lowest BCUT2D eigenvalue weighted by atomic mass is 10.0. The van der Waals surface area contributed by atoms with Gasteiger partial charge in [0.2, 0.25) is 0 Å². The van der Waals surface area contributed by atoms with Crippen LogP contribution >= 0.6 is 0 Å². The van der Waals surface area contributed by atoms with E-state index in [2.05, 4.69) is 0 Å². The molecule has 3 aromatic rings. The first kappa shape index (κ1) is 18.3. The van der Waals surface area contributed by atoms with Crippen LogP contribution in [-0.2, 0) is 6.61 Å². The molecule has 0 radical (unpaired) electrons. The van der Waals surface area contributed by atoms with Crippen molar-refractivity contribution in [3.05, 3.63) is 94.8 Å². The van der Waals surface area contributed by atoms with Gasteiger partial charge in [-0.2, -0.15) is 0 Å². The molecule has 0 fully saturated rings. The zero-order valence-electron chi connectivity index (χ0n) is 14.6. The third kappa shape index (κ3) is 4.39. The van der Waals surface area contributed by atoms with Gasteiger partial charge in [-0.15, -0.1) is 0 Å². The molecule has 0 atom stereocenters. The molecular weight excluding hydrogens is 347 g/mol. The van der Waals surface area contributed by atoms with Crippen LogP contribution in [0.3, 0.4) is 0 Å². The highest BCUT2D eigenvalue weighted by Crippen LogP contribution is 2.22. The lowest BCUT2D eigenvalue weighted by Gasteiger charge is -2.11. The van der Waals surface area contributed by atoms with Crippen molar-refractivity contribution in [2.45, 2.75) is 6.61 Å². The van der Waals surface area contributed by atoms with Gasteiger partial charge in [-0.05, 0) is 66.7 Å². The average Bonchev–Trinajstić information content (AvgIpc) is 2.72. The van der Waals surface area contributed by atoms with Gasteiger partial charge in [0, 0.05) is 22.3 Å². The van der Waals surface area contributed by atoms with Crippen molar-refractivity contribution in [2.75, 3.05) is 7.11 Å². The number of benzene rings is 3. The molecule has 0 saturated heterocycles. The molecule has 27 heavy (non-hydrogen) atoms. The number of halogens is 1. The Balaban J connectivity index is 1.70. The number of methoxy groups -OCH3 is 1. The van der Waals surface area contributed by atoms with E-state index < -0.39 is 0 Å². The summed E-state index contributed by atoms with van der Waals surface area (Å²) in [5.74, 6) is 0.624. The Morgan fingerprint density at radius 3 is 2.19 bits per heavy atom. The molecule has 5 heteroatoms. The maximum atomic E-state index is 13.0. The number of aldehydes is 1. The van der Waals surface area contributed by atoms with Crippen LogP contribution in [0.4, 0.5) is 4.39 Å². The first-order valence-corrected chi connectivity index (χ1v) is 8.26. The van der Waals surface area contributed by atoms with E-state index in [1.807, 2.05) is 0 Å². The van der Waals surface area contributed by atoms with Gasteiger partial charge in [-0.25, -0.2) is 4.39 Å². The topological polar surface area (TPSA) is 52.6 Å². The van der Waals surface area contributed by atoms with E-state index in [0.29, 0.717) is 28.2 Å². The molecule has 3 rings (SSSR count). The smallest absolute Gasteiger partial charge is 0.193 e. The van der Waals surface area contributed by atoms with E-state index in [1.165, 1.54) is 24.3 Å². The normalized spacial score (nSPS) is 10.3. The molecule has 0 N–H and O–H groups in total. The van der Waals surface area contributed by atoms with Crippen LogP contribution in [0.2, 0.25) is 0 Å². The van der Waals surface area contributed by atoms with Gasteiger partial charge in [0.25, 0.3) is 0 Å². The highest BCUT2D eigenvalue weighted by molar-refractivity contribution is 6.09. The first-order valence-electron chi connectivity index (χ1n) is 8.26. The predicted octanol–water partition coefficient (Wildman–Crippen LogP) is 4.46. The number of hydrogen-bond acceptors (Lipinski definition) is 4. The zero-order chi connectivity index (χ0) is 19.2. The Hall–Kier alpha value is -3.47. The van der Waals surface area contributed by atoms with Crippen LogP contribution in [0.25, 0.3) is 0 Å².